The molecule has 2 aliphatic heterocycles. The standard InChI is InChI=1S/C12H19N5O/c13-11-10-12(15-6-14-11)17(7-16-10)9-4-2-1-3-8(9)5-18/h6-10,12,18H,1-5H2,(H2,13,14,15)/t8-,9-,10?,12?/m0/s1. The van der Waals surface area contributed by atoms with Crippen LogP contribution in [0.3, 0.4) is 0 Å². The van der Waals surface area contributed by atoms with Crippen molar-refractivity contribution in [1.82, 2.24) is 4.90 Å². The Kier molecular flexibility index (Phi) is 3.03. The van der Waals surface area contributed by atoms with Gasteiger partial charge in [-0.1, -0.05) is 12.8 Å². The van der Waals surface area contributed by atoms with E-state index in [4.69, 9.17) is 5.73 Å². The maximum atomic E-state index is 9.51. The molecule has 6 heteroatoms. The van der Waals surface area contributed by atoms with Crippen LogP contribution in [0.25, 0.3) is 0 Å². The lowest BCUT2D eigenvalue weighted by Crippen LogP contribution is -2.51. The second-order valence-corrected chi connectivity index (χ2v) is 5.18. The zero-order valence-electron chi connectivity index (χ0n) is 10.3. The molecular weight excluding hydrogens is 230 g/mol. The molecule has 2 unspecified atom stereocenters. The summed E-state index contributed by atoms with van der Waals surface area (Å²) in [7, 11) is 0. The molecule has 0 radical (unpaired) electrons. The van der Waals surface area contributed by atoms with Gasteiger partial charge in [-0.15, -0.1) is 0 Å². The van der Waals surface area contributed by atoms with Crippen LogP contribution in [0.4, 0.5) is 0 Å². The minimum Gasteiger partial charge on any atom is -0.396 e. The summed E-state index contributed by atoms with van der Waals surface area (Å²) in [5, 5.41) is 9.51. The fourth-order valence-corrected chi connectivity index (χ4v) is 3.16. The molecule has 0 aromatic carbocycles. The molecule has 2 heterocycles. The second kappa shape index (κ2) is 4.68. The Labute approximate surface area is 106 Å². The number of rotatable bonds is 2. The fraction of sp³-hybridized carbons (Fsp3) is 0.750. The van der Waals surface area contributed by atoms with Gasteiger partial charge < -0.3 is 15.7 Å². The van der Waals surface area contributed by atoms with Crippen LogP contribution in [0.15, 0.2) is 15.0 Å². The van der Waals surface area contributed by atoms with E-state index in [-0.39, 0.29) is 18.8 Å². The van der Waals surface area contributed by atoms with E-state index in [1.807, 2.05) is 6.34 Å². The molecule has 6 nitrogen and oxygen atoms in total. The summed E-state index contributed by atoms with van der Waals surface area (Å²) >= 11 is 0. The molecule has 0 amide bonds. The van der Waals surface area contributed by atoms with Gasteiger partial charge in [0.05, 0.1) is 6.34 Å². The molecule has 0 spiro atoms. The fourth-order valence-electron chi connectivity index (χ4n) is 3.16. The zero-order valence-corrected chi connectivity index (χ0v) is 10.3. The topological polar surface area (TPSA) is 86.6 Å². The number of nitrogens with two attached hydrogens (primary N) is 1. The van der Waals surface area contributed by atoms with Crippen molar-refractivity contribution in [3.8, 4) is 0 Å². The van der Waals surface area contributed by atoms with Crippen LogP contribution in [-0.2, 0) is 0 Å². The van der Waals surface area contributed by atoms with Crippen molar-refractivity contribution in [2.75, 3.05) is 6.61 Å². The van der Waals surface area contributed by atoms with E-state index in [1.54, 1.807) is 0 Å². The summed E-state index contributed by atoms with van der Waals surface area (Å²) in [6, 6.07) is 0.182. The molecule has 1 aliphatic carbocycles. The highest BCUT2D eigenvalue weighted by molar-refractivity contribution is 5.96. The van der Waals surface area contributed by atoms with Crippen molar-refractivity contribution in [2.24, 2.45) is 26.6 Å². The van der Waals surface area contributed by atoms with Crippen molar-refractivity contribution in [3.63, 3.8) is 0 Å². The Hall–Kier alpha value is -1.43. The number of fused-ring (bicyclic) bond motifs is 1. The van der Waals surface area contributed by atoms with E-state index < -0.39 is 0 Å². The molecule has 3 rings (SSSR count). The Morgan fingerprint density at radius 2 is 2.17 bits per heavy atom. The van der Waals surface area contributed by atoms with E-state index in [0.717, 1.165) is 12.8 Å². The van der Waals surface area contributed by atoms with Crippen molar-refractivity contribution in [2.45, 2.75) is 43.9 Å². The molecule has 0 aromatic rings. The minimum atomic E-state index is -0.142. The summed E-state index contributed by atoms with van der Waals surface area (Å²) in [6.45, 7) is 0.236. The number of hydrogen-bond donors (Lipinski definition) is 2. The van der Waals surface area contributed by atoms with Gasteiger partial charge in [0.1, 0.15) is 18.2 Å². The number of aliphatic hydroxyl groups excluding tert-OH is 1. The molecule has 0 bridgehead atoms. The first-order valence-corrected chi connectivity index (χ1v) is 6.57. The van der Waals surface area contributed by atoms with Crippen LogP contribution in [0.2, 0.25) is 0 Å². The van der Waals surface area contributed by atoms with E-state index >= 15 is 0 Å². The van der Waals surface area contributed by atoms with Crippen molar-refractivity contribution in [1.29, 1.82) is 0 Å². The van der Waals surface area contributed by atoms with Gasteiger partial charge in [0.15, 0.2) is 6.17 Å². The maximum Gasteiger partial charge on any atom is 0.153 e. The quantitative estimate of drug-likeness (QED) is 0.720. The lowest BCUT2D eigenvalue weighted by Gasteiger charge is -2.39. The van der Waals surface area contributed by atoms with E-state index in [2.05, 4.69) is 19.9 Å². The summed E-state index contributed by atoms with van der Waals surface area (Å²) in [4.78, 5) is 15.0. The molecule has 3 aliphatic rings. The van der Waals surface area contributed by atoms with Crippen LogP contribution in [0.1, 0.15) is 25.7 Å². The van der Waals surface area contributed by atoms with Gasteiger partial charge in [-0.05, 0) is 12.8 Å². The SMILES string of the molecule is NC1=NC=NC2C1N=CN2[C@H]1CCCC[C@H]1CO. The van der Waals surface area contributed by atoms with E-state index in [9.17, 15) is 5.11 Å². The number of amidine groups is 1. The monoisotopic (exact) mass is 249 g/mol. The summed E-state index contributed by atoms with van der Waals surface area (Å²) < 4.78 is 0. The highest BCUT2D eigenvalue weighted by Crippen LogP contribution is 2.32. The average Bonchev–Trinajstić information content (AvgIpc) is 2.84. The van der Waals surface area contributed by atoms with Crippen molar-refractivity contribution < 1.29 is 5.11 Å². The molecule has 4 atom stereocenters. The van der Waals surface area contributed by atoms with E-state index in [0.29, 0.717) is 17.8 Å². The second-order valence-electron chi connectivity index (χ2n) is 5.18. The number of aliphatic imine (C=N–C) groups is 3. The average molecular weight is 249 g/mol. The smallest absolute Gasteiger partial charge is 0.153 e. The molecule has 1 saturated carbocycles. The lowest BCUT2D eigenvalue weighted by atomic mass is 9.84. The first-order chi connectivity index (χ1) is 8.81. The largest absolute Gasteiger partial charge is 0.396 e. The molecule has 3 N–H and O–H groups in total. The molecule has 98 valence electrons. The third-order valence-electron chi connectivity index (χ3n) is 4.16. The summed E-state index contributed by atoms with van der Waals surface area (Å²) in [5.41, 5.74) is 5.85. The lowest BCUT2D eigenvalue weighted by molar-refractivity contribution is 0.0940. The molecular formula is C12H19N5O. The van der Waals surface area contributed by atoms with Crippen LogP contribution < -0.4 is 5.73 Å². The Morgan fingerprint density at radius 1 is 1.33 bits per heavy atom. The van der Waals surface area contributed by atoms with Crippen molar-refractivity contribution in [3.05, 3.63) is 0 Å². The Bertz CT molecular complexity index is 405. The highest BCUT2D eigenvalue weighted by Gasteiger charge is 2.40. The number of aliphatic hydroxyl groups is 1. The predicted molar refractivity (Wildman–Crippen MR) is 70.9 cm³/mol. The van der Waals surface area contributed by atoms with Gasteiger partial charge in [0.25, 0.3) is 0 Å². The predicted octanol–water partition coefficient (Wildman–Crippen LogP) is -0.0248. The van der Waals surface area contributed by atoms with Gasteiger partial charge >= 0.3 is 0 Å². The first kappa shape index (κ1) is 11.6. The van der Waals surface area contributed by atoms with Crippen LogP contribution in [0, 0.1) is 5.92 Å². The first-order valence-electron chi connectivity index (χ1n) is 6.57. The Morgan fingerprint density at radius 3 is 3.00 bits per heavy atom. The van der Waals surface area contributed by atoms with Crippen LogP contribution in [0.5, 0.6) is 0 Å². The maximum absolute atomic E-state index is 9.51. The van der Waals surface area contributed by atoms with Crippen molar-refractivity contribution >= 4 is 18.5 Å². The van der Waals surface area contributed by atoms with Crippen LogP contribution in [-0.4, -0.2) is 53.4 Å². The van der Waals surface area contributed by atoms with Gasteiger partial charge in [-0.25, -0.2) is 9.98 Å². The van der Waals surface area contributed by atoms with Gasteiger partial charge in [0, 0.05) is 18.6 Å². The molecule has 0 saturated heterocycles. The van der Waals surface area contributed by atoms with Crippen LogP contribution >= 0.6 is 0 Å². The van der Waals surface area contributed by atoms with Gasteiger partial charge in [0.2, 0.25) is 0 Å². The van der Waals surface area contributed by atoms with E-state index in [1.165, 1.54) is 19.2 Å². The highest BCUT2D eigenvalue weighted by atomic mass is 16.3. The molecule has 0 aromatic heterocycles. The molecule has 18 heavy (non-hydrogen) atoms. The summed E-state index contributed by atoms with van der Waals surface area (Å²) in [6.07, 6.45) is 7.89. The molecule has 1 fully saturated rings. The third-order valence-corrected chi connectivity index (χ3v) is 4.16. The van der Waals surface area contributed by atoms with Gasteiger partial charge in [-0.3, -0.25) is 4.99 Å². The third kappa shape index (κ3) is 1.80. The van der Waals surface area contributed by atoms with Gasteiger partial charge in [-0.2, -0.15) is 0 Å². The minimum absolute atomic E-state index is 0.0559. The normalized spacial score (nSPS) is 38.7. The Balaban J connectivity index is 1.79. The summed E-state index contributed by atoms with van der Waals surface area (Å²) in [5.74, 6) is 0.851. The number of nitrogens with zero attached hydrogens (tertiary/aromatic N) is 4. The zero-order chi connectivity index (χ0) is 12.5. The number of hydrogen-bond acceptors (Lipinski definition) is 6.